The molecule has 4 aromatic rings. The van der Waals surface area contributed by atoms with E-state index in [-0.39, 0.29) is 11.8 Å². The number of hydrogen-bond acceptors (Lipinski definition) is 3. The molecule has 1 saturated heterocycles. The second-order valence-corrected chi connectivity index (χ2v) is 10.2. The van der Waals surface area contributed by atoms with E-state index in [4.69, 9.17) is 5.73 Å². The molecule has 2 atom stereocenters. The molecular formula is C34H35N3O2. The lowest BCUT2D eigenvalue weighted by Crippen LogP contribution is -2.63. The van der Waals surface area contributed by atoms with Crippen molar-refractivity contribution in [3.63, 3.8) is 0 Å². The highest BCUT2D eigenvalue weighted by Gasteiger charge is 2.40. The van der Waals surface area contributed by atoms with E-state index in [9.17, 15) is 9.59 Å². The molecule has 1 aliphatic heterocycles. The zero-order chi connectivity index (χ0) is 27.0. The Morgan fingerprint density at radius 2 is 1.15 bits per heavy atom. The summed E-state index contributed by atoms with van der Waals surface area (Å²) in [5.74, 6) is -0.120. The number of hydrogen-bond donors (Lipinski definition) is 2. The third kappa shape index (κ3) is 6.44. The van der Waals surface area contributed by atoms with E-state index in [1.54, 1.807) is 4.90 Å². The topological polar surface area (TPSA) is 75.4 Å². The summed E-state index contributed by atoms with van der Waals surface area (Å²) in [6.07, 6.45) is 2.69. The molecule has 3 N–H and O–H groups in total. The summed E-state index contributed by atoms with van der Waals surface area (Å²) in [4.78, 5) is 28.8. The molecule has 2 amide bonds. The Morgan fingerprint density at radius 1 is 0.641 bits per heavy atom. The lowest BCUT2D eigenvalue weighted by atomic mass is 9.95. The molecule has 1 heterocycles. The van der Waals surface area contributed by atoms with E-state index in [0.717, 1.165) is 46.2 Å². The highest BCUT2D eigenvalue weighted by atomic mass is 16.2. The summed E-state index contributed by atoms with van der Waals surface area (Å²) in [6.45, 7) is 0.975. The van der Waals surface area contributed by atoms with E-state index in [1.165, 1.54) is 0 Å². The fourth-order valence-corrected chi connectivity index (χ4v) is 5.25. The smallest absolute Gasteiger partial charge is 0.246 e. The average Bonchev–Trinajstić information content (AvgIpc) is 2.99. The summed E-state index contributed by atoms with van der Waals surface area (Å²) in [5.41, 5.74) is 12.3. The van der Waals surface area contributed by atoms with Gasteiger partial charge in [0.25, 0.3) is 0 Å². The lowest BCUT2D eigenvalue weighted by molar-refractivity contribution is -0.150. The van der Waals surface area contributed by atoms with Crippen LogP contribution >= 0.6 is 0 Å². The van der Waals surface area contributed by atoms with Crippen LogP contribution < -0.4 is 11.1 Å². The zero-order valence-electron chi connectivity index (χ0n) is 22.1. The molecule has 1 fully saturated rings. The van der Waals surface area contributed by atoms with Crippen molar-refractivity contribution >= 4 is 11.8 Å². The minimum absolute atomic E-state index is 0.0355. The molecule has 0 aliphatic carbocycles. The second-order valence-electron chi connectivity index (χ2n) is 10.2. The van der Waals surface area contributed by atoms with Crippen LogP contribution in [0.2, 0.25) is 0 Å². The van der Waals surface area contributed by atoms with E-state index >= 15 is 0 Å². The van der Waals surface area contributed by atoms with Gasteiger partial charge in [-0.2, -0.15) is 0 Å². The zero-order valence-corrected chi connectivity index (χ0v) is 22.1. The Balaban J connectivity index is 1.33. The Morgan fingerprint density at radius 3 is 1.69 bits per heavy atom. The third-order valence-corrected chi connectivity index (χ3v) is 7.42. The number of amides is 2. The normalized spacial score (nSPS) is 17.2. The Hall–Kier alpha value is -4.22. The third-order valence-electron chi connectivity index (χ3n) is 7.42. The molecule has 0 radical (unpaired) electrons. The van der Waals surface area contributed by atoms with Gasteiger partial charge in [0.1, 0.15) is 12.1 Å². The molecule has 0 spiro atoms. The first kappa shape index (κ1) is 26.4. The highest BCUT2D eigenvalue weighted by Crippen LogP contribution is 2.25. The van der Waals surface area contributed by atoms with Gasteiger partial charge in [0.2, 0.25) is 11.8 Å². The van der Waals surface area contributed by atoms with Gasteiger partial charge in [0, 0.05) is 13.0 Å². The molecule has 0 aromatic heterocycles. The van der Waals surface area contributed by atoms with Gasteiger partial charge in [-0.25, -0.2) is 0 Å². The fraction of sp³-hybridized carbons (Fsp3) is 0.235. The van der Waals surface area contributed by atoms with Crippen molar-refractivity contribution in [2.45, 2.75) is 44.3 Å². The average molecular weight is 518 g/mol. The van der Waals surface area contributed by atoms with Crippen LogP contribution in [0.3, 0.4) is 0 Å². The van der Waals surface area contributed by atoms with Crippen LogP contribution in [0.1, 0.15) is 30.4 Å². The molecule has 39 heavy (non-hydrogen) atoms. The number of unbranched alkanes of at least 4 members (excludes halogenated alkanes) is 1. The number of nitrogens with one attached hydrogen (secondary N) is 1. The predicted molar refractivity (Wildman–Crippen MR) is 157 cm³/mol. The molecule has 5 nitrogen and oxygen atoms in total. The van der Waals surface area contributed by atoms with E-state index in [1.807, 2.05) is 48.5 Å². The number of piperazine rings is 1. The van der Waals surface area contributed by atoms with Crippen molar-refractivity contribution in [1.82, 2.24) is 10.2 Å². The molecule has 0 saturated carbocycles. The van der Waals surface area contributed by atoms with Crippen LogP contribution in [-0.2, 0) is 22.6 Å². The molecule has 5 rings (SSSR count). The first-order valence-corrected chi connectivity index (χ1v) is 13.7. The van der Waals surface area contributed by atoms with Crippen molar-refractivity contribution in [3.8, 4) is 22.3 Å². The summed E-state index contributed by atoms with van der Waals surface area (Å²) >= 11 is 0. The van der Waals surface area contributed by atoms with Gasteiger partial charge >= 0.3 is 0 Å². The van der Waals surface area contributed by atoms with Crippen LogP contribution in [0.25, 0.3) is 22.3 Å². The lowest BCUT2D eigenvalue weighted by Gasteiger charge is -2.39. The van der Waals surface area contributed by atoms with Crippen molar-refractivity contribution in [2.75, 3.05) is 6.54 Å². The Labute approximate surface area is 230 Å². The van der Waals surface area contributed by atoms with Gasteiger partial charge in [-0.1, -0.05) is 109 Å². The van der Waals surface area contributed by atoms with Gasteiger partial charge in [0.05, 0.1) is 0 Å². The maximum Gasteiger partial charge on any atom is 0.246 e. The summed E-state index contributed by atoms with van der Waals surface area (Å²) in [6, 6.07) is 35.8. The second kappa shape index (κ2) is 12.5. The molecule has 0 bridgehead atoms. The minimum Gasteiger partial charge on any atom is -0.342 e. The minimum atomic E-state index is -0.588. The van der Waals surface area contributed by atoms with Crippen molar-refractivity contribution in [1.29, 1.82) is 0 Å². The van der Waals surface area contributed by atoms with E-state index in [0.29, 0.717) is 25.9 Å². The number of nitrogens with zero attached hydrogens (tertiary/aromatic N) is 1. The molecule has 5 heteroatoms. The fourth-order valence-electron chi connectivity index (χ4n) is 5.25. The molecule has 4 aromatic carbocycles. The van der Waals surface area contributed by atoms with E-state index < -0.39 is 12.1 Å². The molecule has 2 unspecified atom stereocenters. The first-order chi connectivity index (χ1) is 19.1. The maximum atomic E-state index is 13.8. The number of rotatable bonds is 10. The van der Waals surface area contributed by atoms with Crippen LogP contribution in [0.4, 0.5) is 0 Å². The van der Waals surface area contributed by atoms with Crippen molar-refractivity contribution < 1.29 is 9.59 Å². The van der Waals surface area contributed by atoms with Crippen molar-refractivity contribution in [3.05, 3.63) is 120 Å². The maximum absolute atomic E-state index is 13.8. The summed E-state index contributed by atoms with van der Waals surface area (Å²) in [5, 5.41) is 3.02. The number of nitrogens with two attached hydrogens (primary N) is 1. The summed E-state index contributed by atoms with van der Waals surface area (Å²) < 4.78 is 0. The quantitative estimate of drug-likeness (QED) is 0.269. The summed E-state index contributed by atoms with van der Waals surface area (Å²) in [7, 11) is 0. The van der Waals surface area contributed by atoms with Gasteiger partial charge in [-0.15, -0.1) is 0 Å². The monoisotopic (exact) mass is 517 g/mol. The van der Waals surface area contributed by atoms with Gasteiger partial charge < -0.3 is 16.0 Å². The molecular weight excluding hydrogens is 482 g/mol. The van der Waals surface area contributed by atoms with Crippen LogP contribution in [0.5, 0.6) is 0 Å². The molecule has 198 valence electrons. The van der Waals surface area contributed by atoms with Crippen molar-refractivity contribution in [2.24, 2.45) is 5.73 Å². The first-order valence-electron chi connectivity index (χ1n) is 13.7. The highest BCUT2D eigenvalue weighted by molar-refractivity contribution is 5.97. The Kier molecular flexibility index (Phi) is 8.49. The van der Waals surface area contributed by atoms with Crippen LogP contribution in [0, 0.1) is 0 Å². The largest absolute Gasteiger partial charge is 0.342 e. The predicted octanol–water partition coefficient (Wildman–Crippen LogP) is 5.59. The number of benzene rings is 4. The van der Waals surface area contributed by atoms with Crippen LogP contribution in [0.15, 0.2) is 109 Å². The Bertz CT molecular complexity index is 1370. The van der Waals surface area contributed by atoms with E-state index in [2.05, 4.69) is 66.0 Å². The number of carbonyl (C=O) groups excluding carboxylic acids is 2. The standard InChI is InChI=1S/C34H35N3O2/c35-22-8-7-13-32-33(38)36-31(23-25-14-18-29(19-15-25)27-9-3-1-4-10-27)34(39)37(32)24-26-16-20-30(21-17-26)28-11-5-2-6-12-28/h1-6,9-12,14-21,31-32H,7-8,13,22-24,35H2,(H,36,38). The van der Waals surface area contributed by atoms with Gasteiger partial charge in [0.15, 0.2) is 0 Å². The SMILES string of the molecule is NCCCCC1C(=O)NC(Cc2ccc(-c3ccccc3)cc2)C(=O)N1Cc1ccc(-c2ccccc2)cc1. The van der Waals surface area contributed by atoms with Crippen LogP contribution in [-0.4, -0.2) is 35.3 Å². The number of carbonyl (C=O) groups is 2. The molecule has 1 aliphatic rings. The van der Waals surface area contributed by atoms with Gasteiger partial charge in [-0.05, 0) is 59.2 Å². The van der Waals surface area contributed by atoms with Gasteiger partial charge in [-0.3, -0.25) is 9.59 Å².